The Labute approximate surface area is 219 Å². The first kappa shape index (κ1) is 22.7. The molecule has 3 heteroatoms. The van der Waals surface area contributed by atoms with Crippen LogP contribution in [0.2, 0.25) is 0 Å². The molecule has 0 aliphatic carbocycles. The van der Waals surface area contributed by atoms with E-state index in [1.54, 1.807) is 0 Å². The Kier molecular flexibility index (Phi) is 6.28. The van der Waals surface area contributed by atoms with E-state index >= 15 is 0 Å². The third kappa shape index (κ3) is 4.47. The quantitative estimate of drug-likeness (QED) is 0.134. The lowest BCUT2D eigenvalue weighted by molar-refractivity contribution is 0.572. The Morgan fingerprint density at radius 3 is 1.83 bits per heavy atom. The second-order valence-electron chi connectivity index (χ2n) is 9.63. The van der Waals surface area contributed by atoms with Crippen molar-refractivity contribution in [3.63, 3.8) is 0 Å². The standard InChI is InChI=1S/C32H29IO2/c1-2-3-4-5-6-7-8-21-9-15-27-22(17-21)10-12-24-19-29(34-31(24)27)30-20-25-13-11-23-18-26(33)14-16-28(23)32(25)35-30/h9-20H,2-8H2,1H3. The number of hydrogen-bond donors (Lipinski definition) is 0. The minimum Gasteiger partial charge on any atom is -0.452 e. The van der Waals surface area contributed by atoms with Gasteiger partial charge in [-0.1, -0.05) is 81.5 Å². The molecule has 0 spiro atoms. The Balaban J connectivity index is 1.30. The minimum atomic E-state index is 0.773. The van der Waals surface area contributed by atoms with Crippen molar-refractivity contribution in [2.24, 2.45) is 0 Å². The van der Waals surface area contributed by atoms with Crippen molar-refractivity contribution in [2.45, 2.75) is 51.9 Å². The van der Waals surface area contributed by atoms with Gasteiger partial charge in [0.2, 0.25) is 0 Å². The van der Waals surface area contributed by atoms with Crippen LogP contribution in [0.5, 0.6) is 0 Å². The van der Waals surface area contributed by atoms with Crippen LogP contribution in [-0.2, 0) is 6.42 Å². The summed E-state index contributed by atoms with van der Waals surface area (Å²) >= 11 is 2.35. The monoisotopic (exact) mass is 572 g/mol. The van der Waals surface area contributed by atoms with Crippen molar-refractivity contribution in [1.29, 1.82) is 0 Å². The summed E-state index contributed by atoms with van der Waals surface area (Å²) in [7, 11) is 0. The maximum Gasteiger partial charge on any atom is 0.170 e. The van der Waals surface area contributed by atoms with Crippen molar-refractivity contribution in [3.8, 4) is 11.5 Å². The molecule has 2 heterocycles. The summed E-state index contributed by atoms with van der Waals surface area (Å²) in [6.07, 6.45) is 9.13. The zero-order valence-electron chi connectivity index (χ0n) is 20.1. The normalized spacial score (nSPS) is 11.9. The van der Waals surface area contributed by atoms with Gasteiger partial charge < -0.3 is 8.83 Å². The number of hydrogen-bond acceptors (Lipinski definition) is 2. The molecule has 0 radical (unpaired) electrons. The largest absolute Gasteiger partial charge is 0.452 e. The highest BCUT2D eigenvalue weighted by Gasteiger charge is 2.15. The van der Waals surface area contributed by atoms with Crippen molar-refractivity contribution < 1.29 is 8.83 Å². The van der Waals surface area contributed by atoms with Crippen LogP contribution < -0.4 is 0 Å². The molecule has 0 unspecified atom stereocenters. The molecule has 0 fully saturated rings. The molecule has 4 aromatic carbocycles. The molecule has 2 nitrogen and oxygen atoms in total. The molecule has 35 heavy (non-hydrogen) atoms. The van der Waals surface area contributed by atoms with Crippen LogP contribution >= 0.6 is 22.6 Å². The molecule has 0 aliphatic heterocycles. The lowest BCUT2D eigenvalue weighted by Crippen LogP contribution is -1.87. The molecule has 0 atom stereocenters. The lowest BCUT2D eigenvalue weighted by atomic mass is 10.0. The first-order valence-corrected chi connectivity index (χ1v) is 13.8. The van der Waals surface area contributed by atoms with Crippen LogP contribution in [0.1, 0.15) is 51.0 Å². The molecule has 0 aliphatic rings. The number of fused-ring (bicyclic) bond motifs is 6. The highest BCUT2D eigenvalue weighted by atomic mass is 127. The number of halogens is 1. The number of aryl methyl sites for hydroxylation is 1. The predicted octanol–water partition coefficient (Wildman–Crippen LogP) is 10.7. The SMILES string of the molecule is CCCCCCCCc1ccc2c(ccc3cc(-c4cc5ccc6cc(I)ccc6c5o4)oc32)c1. The van der Waals surface area contributed by atoms with Gasteiger partial charge in [-0.05, 0) is 82.1 Å². The van der Waals surface area contributed by atoms with Crippen LogP contribution in [0.15, 0.2) is 81.6 Å². The van der Waals surface area contributed by atoms with Gasteiger partial charge in [-0.3, -0.25) is 0 Å². The van der Waals surface area contributed by atoms with E-state index < -0.39 is 0 Å². The summed E-state index contributed by atoms with van der Waals surface area (Å²) in [4.78, 5) is 0. The summed E-state index contributed by atoms with van der Waals surface area (Å²) < 4.78 is 14.0. The summed E-state index contributed by atoms with van der Waals surface area (Å²) in [6.45, 7) is 2.27. The fraction of sp³-hybridized carbons (Fsp3) is 0.250. The maximum atomic E-state index is 6.41. The molecule has 6 aromatic rings. The molecule has 0 saturated carbocycles. The van der Waals surface area contributed by atoms with E-state index in [0.717, 1.165) is 50.7 Å². The highest BCUT2D eigenvalue weighted by molar-refractivity contribution is 14.1. The van der Waals surface area contributed by atoms with Crippen molar-refractivity contribution in [2.75, 3.05) is 0 Å². The molecule has 6 rings (SSSR count). The van der Waals surface area contributed by atoms with Gasteiger partial charge in [0.25, 0.3) is 0 Å². The van der Waals surface area contributed by atoms with Crippen molar-refractivity contribution >= 4 is 66.1 Å². The van der Waals surface area contributed by atoms with Gasteiger partial charge in [0.15, 0.2) is 11.5 Å². The predicted molar refractivity (Wildman–Crippen MR) is 156 cm³/mol. The Morgan fingerprint density at radius 1 is 0.571 bits per heavy atom. The summed E-state index contributed by atoms with van der Waals surface area (Å²) in [5.41, 5.74) is 3.26. The van der Waals surface area contributed by atoms with Gasteiger partial charge in [-0.15, -0.1) is 0 Å². The van der Waals surface area contributed by atoms with Gasteiger partial charge in [0.1, 0.15) is 11.2 Å². The van der Waals surface area contributed by atoms with Crippen LogP contribution in [0.4, 0.5) is 0 Å². The van der Waals surface area contributed by atoms with Crippen LogP contribution in [-0.4, -0.2) is 0 Å². The Morgan fingerprint density at radius 2 is 1.14 bits per heavy atom. The Hall–Kier alpha value is -2.79. The average Bonchev–Trinajstić information content (AvgIpc) is 3.50. The first-order valence-electron chi connectivity index (χ1n) is 12.8. The summed E-state index contributed by atoms with van der Waals surface area (Å²) in [6, 6.07) is 26.1. The van der Waals surface area contributed by atoms with E-state index in [1.165, 1.54) is 58.4 Å². The molecule has 176 valence electrons. The zero-order valence-corrected chi connectivity index (χ0v) is 22.2. The van der Waals surface area contributed by atoms with Gasteiger partial charge in [0, 0.05) is 25.1 Å². The van der Waals surface area contributed by atoms with Gasteiger partial charge in [0.05, 0.1) is 0 Å². The fourth-order valence-corrected chi connectivity index (χ4v) is 5.70. The van der Waals surface area contributed by atoms with Gasteiger partial charge in [-0.2, -0.15) is 0 Å². The van der Waals surface area contributed by atoms with Crippen LogP contribution in [0, 0.1) is 3.57 Å². The number of unbranched alkanes of at least 4 members (excludes halogenated alkanes) is 5. The van der Waals surface area contributed by atoms with E-state index in [9.17, 15) is 0 Å². The fourth-order valence-electron chi connectivity index (χ4n) is 5.18. The molecular weight excluding hydrogens is 543 g/mol. The highest BCUT2D eigenvalue weighted by Crippen LogP contribution is 2.37. The summed E-state index contributed by atoms with van der Waals surface area (Å²) in [5.74, 6) is 1.55. The lowest BCUT2D eigenvalue weighted by Gasteiger charge is -2.05. The second kappa shape index (κ2) is 9.69. The molecular formula is C32H29IO2. The van der Waals surface area contributed by atoms with E-state index in [0.29, 0.717) is 0 Å². The first-order chi connectivity index (χ1) is 17.2. The molecule has 0 amide bonds. The van der Waals surface area contributed by atoms with E-state index in [2.05, 4.69) is 102 Å². The summed E-state index contributed by atoms with van der Waals surface area (Å²) in [5, 5.41) is 6.93. The molecule has 2 aromatic heterocycles. The Bertz CT molecular complexity index is 1650. The number of rotatable bonds is 8. The third-order valence-electron chi connectivity index (χ3n) is 7.09. The minimum absolute atomic E-state index is 0.773. The number of benzene rings is 4. The molecule has 0 saturated heterocycles. The molecule has 0 N–H and O–H groups in total. The topological polar surface area (TPSA) is 26.3 Å². The van der Waals surface area contributed by atoms with E-state index in [-0.39, 0.29) is 0 Å². The zero-order chi connectivity index (χ0) is 23.8. The van der Waals surface area contributed by atoms with Crippen molar-refractivity contribution in [1.82, 2.24) is 0 Å². The second-order valence-corrected chi connectivity index (χ2v) is 10.9. The van der Waals surface area contributed by atoms with E-state index in [1.807, 2.05) is 0 Å². The van der Waals surface area contributed by atoms with Crippen LogP contribution in [0.3, 0.4) is 0 Å². The van der Waals surface area contributed by atoms with Gasteiger partial charge >= 0.3 is 0 Å². The average molecular weight is 572 g/mol. The number of furan rings is 2. The van der Waals surface area contributed by atoms with Gasteiger partial charge in [-0.25, -0.2) is 0 Å². The smallest absolute Gasteiger partial charge is 0.170 e. The molecule has 0 bridgehead atoms. The van der Waals surface area contributed by atoms with Crippen molar-refractivity contribution in [3.05, 3.63) is 81.9 Å². The third-order valence-corrected chi connectivity index (χ3v) is 7.76. The van der Waals surface area contributed by atoms with E-state index in [4.69, 9.17) is 8.83 Å². The van der Waals surface area contributed by atoms with Crippen LogP contribution in [0.25, 0.3) is 55.0 Å². The maximum absolute atomic E-state index is 6.41.